The summed E-state index contributed by atoms with van der Waals surface area (Å²) in [5.74, 6) is 5.77. The molecule has 78 valence electrons. The molecule has 1 rings (SSSR count). The van der Waals surface area contributed by atoms with E-state index < -0.39 is 0 Å². The number of hydrogen-bond donors (Lipinski definition) is 1. The van der Waals surface area contributed by atoms with E-state index in [-0.39, 0.29) is 0 Å². The molecule has 0 aliphatic heterocycles. The van der Waals surface area contributed by atoms with Crippen molar-refractivity contribution < 1.29 is 4.84 Å². The van der Waals surface area contributed by atoms with Gasteiger partial charge in [0, 0.05) is 5.56 Å². The fourth-order valence-electron chi connectivity index (χ4n) is 1.07. The van der Waals surface area contributed by atoms with Crippen molar-refractivity contribution >= 4 is 6.08 Å². The highest BCUT2D eigenvalue weighted by Gasteiger charge is 2.02. The first-order valence-electron chi connectivity index (χ1n) is 4.79. The summed E-state index contributed by atoms with van der Waals surface area (Å²) >= 11 is 0. The Morgan fingerprint density at radius 3 is 2.14 bits per heavy atom. The van der Waals surface area contributed by atoms with Crippen LogP contribution in [0, 0.1) is 13.8 Å². The van der Waals surface area contributed by atoms with Crippen molar-refractivity contribution in [3.63, 3.8) is 0 Å². The maximum atomic E-state index is 5.10. The first kappa shape index (κ1) is 12.7. The Bertz CT molecular complexity index is 305. The Kier molecular flexibility index (Phi) is 5.65. The Balaban J connectivity index is 0.000000791. The summed E-state index contributed by atoms with van der Waals surface area (Å²) in [6.45, 7) is 11.7. The van der Waals surface area contributed by atoms with Crippen LogP contribution in [0.5, 0.6) is 5.75 Å². The van der Waals surface area contributed by atoms with Gasteiger partial charge >= 0.3 is 0 Å². The number of rotatable bonds is 2. The van der Waals surface area contributed by atoms with Crippen LogP contribution in [0.4, 0.5) is 0 Å². The lowest BCUT2D eigenvalue weighted by atomic mass is 10.1. The molecule has 0 fully saturated rings. The van der Waals surface area contributed by atoms with Gasteiger partial charge in [-0.25, -0.2) is 0 Å². The fraction of sp³-hybridized carbons (Fsp3) is 0.333. The molecule has 0 aliphatic rings. The molecule has 14 heavy (non-hydrogen) atoms. The average molecular weight is 193 g/mol. The summed E-state index contributed by atoms with van der Waals surface area (Å²) in [4.78, 5) is 4.70. The maximum Gasteiger partial charge on any atom is 0.154 e. The fourth-order valence-corrected chi connectivity index (χ4v) is 1.07. The number of benzene rings is 1. The van der Waals surface area contributed by atoms with Crippen molar-refractivity contribution in [2.45, 2.75) is 27.7 Å². The van der Waals surface area contributed by atoms with Gasteiger partial charge in [-0.2, -0.15) is 5.90 Å². The van der Waals surface area contributed by atoms with Crippen LogP contribution in [-0.2, 0) is 0 Å². The lowest BCUT2D eigenvalue weighted by Crippen LogP contribution is -2.04. The van der Waals surface area contributed by atoms with Crippen LogP contribution in [0.1, 0.15) is 30.5 Å². The van der Waals surface area contributed by atoms with Crippen molar-refractivity contribution in [3.05, 3.63) is 35.4 Å². The van der Waals surface area contributed by atoms with E-state index in [4.69, 9.17) is 10.7 Å². The van der Waals surface area contributed by atoms with Gasteiger partial charge in [0.15, 0.2) is 5.75 Å². The first-order valence-corrected chi connectivity index (χ1v) is 4.79. The zero-order valence-electron chi connectivity index (χ0n) is 9.42. The van der Waals surface area contributed by atoms with E-state index in [1.165, 1.54) is 11.1 Å². The molecule has 0 atom stereocenters. The average Bonchev–Trinajstić information content (AvgIpc) is 2.24. The lowest BCUT2D eigenvalue weighted by molar-refractivity contribution is 0.333. The topological polar surface area (TPSA) is 35.2 Å². The lowest BCUT2D eigenvalue weighted by Gasteiger charge is -2.07. The molecule has 0 amide bonds. The van der Waals surface area contributed by atoms with Gasteiger partial charge < -0.3 is 4.84 Å². The van der Waals surface area contributed by atoms with Crippen LogP contribution in [0.3, 0.4) is 0 Å². The van der Waals surface area contributed by atoms with Crippen molar-refractivity contribution in [2.24, 2.45) is 5.90 Å². The van der Waals surface area contributed by atoms with Gasteiger partial charge in [-0.05, 0) is 37.1 Å². The third-order valence-electron chi connectivity index (χ3n) is 1.97. The molecule has 0 spiro atoms. The molecule has 0 aliphatic carbocycles. The summed E-state index contributed by atoms with van der Waals surface area (Å²) in [6, 6.07) is 3.91. The van der Waals surface area contributed by atoms with E-state index in [0.717, 1.165) is 5.56 Å². The summed E-state index contributed by atoms with van der Waals surface area (Å²) in [7, 11) is 0. The minimum atomic E-state index is 0.674. The summed E-state index contributed by atoms with van der Waals surface area (Å²) in [5, 5.41) is 0. The van der Waals surface area contributed by atoms with Gasteiger partial charge in [-0.15, -0.1) is 0 Å². The van der Waals surface area contributed by atoms with Gasteiger partial charge in [0.1, 0.15) is 0 Å². The Labute approximate surface area is 86.3 Å². The molecular formula is C12H19NO. The quantitative estimate of drug-likeness (QED) is 0.732. The summed E-state index contributed by atoms with van der Waals surface area (Å²) in [6.07, 6.45) is 1.73. The minimum Gasteiger partial charge on any atom is -0.411 e. The first-order chi connectivity index (χ1) is 6.69. The Morgan fingerprint density at radius 1 is 1.21 bits per heavy atom. The van der Waals surface area contributed by atoms with E-state index in [1.807, 2.05) is 39.8 Å². The van der Waals surface area contributed by atoms with Gasteiger partial charge in [-0.1, -0.05) is 26.5 Å². The van der Waals surface area contributed by atoms with Gasteiger partial charge in [-0.3, -0.25) is 0 Å². The number of hydrogen-bond acceptors (Lipinski definition) is 2. The molecule has 0 bridgehead atoms. The minimum absolute atomic E-state index is 0.674. The van der Waals surface area contributed by atoms with E-state index in [1.54, 1.807) is 6.08 Å². The predicted molar refractivity (Wildman–Crippen MR) is 62.2 cm³/mol. The smallest absolute Gasteiger partial charge is 0.154 e. The second-order valence-electron chi connectivity index (χ2n) is 2.80. The molecule has 1 aromatic rings. The van der Waals surface area contributed by atoms with E-state index >= 15 is 0 Å². The second kappa shape index (κ2) is 6.22. The Morgan fingerprint density at radius 2 is 1.71 bits per heavy atom. The molecule has 0 saturated heterocycles. The summed E-state index contributed by atoms with van der Waals surface area (Å²) < 4.78 is 0. The highest BCUT2D eigenvalue weighted by Crippen LogP contribution is 2.22. The van der Waals surface area contributed by atoms with Gasteiger partial charge in [0.25, 0.3) is 0 Å². The number of nitrogens with two attached hydrogens (primary N) is 1. The number of aryl methyl sites for hydroxylation is 2. The van der Waals surface area contributed by atoms with Gasteiger partial charge in [0.05, 0.1) is 0 Å². The standard InChI is InChI=1S/C10H13NO.C2H6/c1-4-9-5-7(2)8(3)6-10(9)12-11;1-2/h4-6H,1,11H2,2-3H3;1-2H3. The van der Waals surface area contributed by atoms with Crippen LogP contribution in [0.2, 0.25) is 0 Å². The molecule has 0 unspecified atom stereocenters. The van der Waals surface area contributed by atoms with E-state index in [2.05, 4.69) is 6.58 Å². The molecular weight excluding hydrogens is 174 g/mol. The van der Waals surface area contributed by atoms with Crippen molar-refractivity contribution in [1.82, 2.24) is 0 Å². The molecule has 2 heteroatoms. The van der Waals surface area contributed by atoms with E-state index in [0.29, 0.717) is 5.75 Å². The predicted octanol–water partition coefficient (Wildman–Crippen LogP) is 3.23. The maximum absolute atomic E-state index is 5.10. The van der Waals surface area contributed by atoms with Crippen LogP contribution in [-0.4, -0.2) is 0 Å². The molecule has 0 heterocycles. The molecule has 2 nitrogen and oxygen atoms in total. The van der Waals surface area contributed by atoms with Crippen molar-refractivity contribution in [2.75, 3.05) is 0 Å². The summed E-state index contributed by atoms with van der Waals surface area (Å²) in [5.41, 5.74) is 3.31. The zero-order valence-corrected chi connectivity index (χ0v) is 9.42. The monoisotopic (exact) mass is 193 g/mol. The van der Waals surface area contributed by atoms with Crippen LogP contribution in [0.25, 0.3) is 6.08 Å². The normalized spacial score (nSPS) is 8.64. The van der Waals surface area contributed by atoms with Crippen LogP contribution >= 0.6 is 0 Å². The highest BCUT2D eigenvalue weighted by atomic mass is 16.6. The third-order valence-corrected chi connectivity index (χ3v) is 1.97. The second-order valence-corrected chi connectivity index (χ2v) is 2.80. The SMILES string of the molecule is C=Cc1cc(C)c(C)cc1ON.CC. The van der Waals surface area contributed by atoms with Gasteiger partial charge in [0.2, 0.25) is 0 Å². The molecule has 1 aromatic carbocycles. The molecule has 0 saturated carbocycles. The zero-order chi connectivity index (χ0) is 11.1. The van der Waals surface area contributed by atoms with Crippen LogP contribution in [0.15, 0.2) is 18.7 Å². The largest absolute Gasteiger partial charge is 0.411 e. The molecule has 2 N–H and O–H groups in total. The van der Waals surface area contributed by atoms with E-state index in [9.17, 15) is 0 Å². The third kappa shape index (κ3) is 2.89. The molecule has 0 radical (unpaired) electrons. The van der Waals surface area contributed by atoms with Crippen LogP contribution < -0.4 is 10.7 Å². The van der Waals surface area contributed by atoms with Crippen molar-refractivity contribution in [3.8, 4) is 5.75 Å². The van der Waals surface area contributed by atoms with Crippen molar-refractivity contribution in [1.29, 1.82) is 0 Å². The Hall–Kier alpha value is -1.28. The molecule has 0 aromatic heterocycles. The highest BCUT2D eigenvalue weighted by molar-refractivity contribution is 5.58.